The number of hydrogen-bond donors (Lipinski definition) is 1. The Morgan fingerprint density at radius 2 is 2.11 bits per heavy atom. The molecule has 18 heavy (non-hydrogen) atoms. The third-order valence-electron chi connectivity index (χ3n) is 3.11. The van der Waals surface area contributed by atoms with Gasteiger partial charge < -0.3 is 10.2 Å². The molecule has 4 heteroatoms. The zero-order valence-corrected chi connectivity index (χ0v) is 12.5. The molecule has 0 aliphatic heterocycles. The number of rotatable bonds is 7. The molecule has 0 spiro atoms. The molecule has 0 aromatic heterocycles. The molecule has 0 saturated heterocycles. The first-order chi connectivity index (χ1) is 8.62. The number of nitrogens with zero attached hydrogens (tertiary/aromatic N) is 1. The molecule has 1 rings (SSSR count). The summed E-state index contributed by atoms with van der Waals surface area (Å²) in [6.07, 6.45) is 3.17. The molecule has 0 aliphatic carbocycles. The van der Waals surface area contributed by atoms with E-state index < -0.39 is 0 Å². The molecule has 1 unspecified atom stereocenters. The second kappa shape index (κ2) is 7.64. The summed E-state index contributed by atoms with van der Waals surface area (Å²) in [7, 11) is 3.92. The second-order valence-electron chi connectivity index (χ2n) is 4.48. The molecule has 1 atom stereocenters. The molecule has 102 valence electrons. The minimum Gasteiger partial charge on any atom is -0.371 e. The van der Waals surface area contributed by atoms with Crippen molar-refractivity contribution in [1.82, 2.24) is 5.32 Å². The highest BCUT2D eigenvalue weighted by Crippen LogP contribution is 2.22. The van der Waals surface area contributed by atoms with Gasteiger partial charge in [-0.3, -0.25) is 0 Å². The van der Waals surface area contributed by atoms with Crippen LogP contribution in [0.1, 0.15) is 18.9 Å². The van der Waals surface area contributed by atoms with Gasteiger partial charge in [0.1, 0.15) is 5.82 Å². The van der Waals surface area contributed by atoms with Gasteiger partial charge in [0.2, 0.25) is 0 Å². The third-order valence-corrected chi connectivity index (χ3v) is 3.83. The summed E-state index contributed by atoms with van der Waals surface area (Å²) in [4.78, 5) is 2.18. The molecule has 1 aromatic carbocycles. The summed E-state index contributed by atoms with van der Waals surface area (Å²) in [5.41, 5.74) is 1.94. The summed E-state index contributed by atoms with van der Waals surface area (Å²) >= 11 is 1.83. The Morgan fingerprint density at radius 1 is 1.39 bits per heavy atom. The lowest BCUT2D eigenvalue weighted by molar-refractivity contribution is 0.618. The fourth-order valence-electron chi connectivity index (χ4n) is 2.05. The van der Waals surface area contributed by atoms with Crippen molar-refractivity contribution in [3.05, 3.63) is 29.6 Å². The van der Waals surface area contributed by atoms with Gasteiger partial charge in [0.05, 0.1) is 0 Å². The van der Waals surface area contributed by atoms with Crippen molar-refractivity contribution in [2.45, 2.75) is 25.9 Å². The first-order valence-corrected chi connectivity index (χ1v) is 7.67. The number of nitrogens with one attached hydrogen (secondary N) is 1. The number of anilines is 1. The predicted molar refractivity (Wildman–Crippen MR) is 80.0 cm³/mol. The van der Waals surface area contributed by atoms with E-state index in [1.165, 1.54) is 0 Å². The predicted octanol–water partition coefficient (Wildman–Crippen LogP) is 3.12. The van der Waals surface area contributed by atoms with Crippen molar-refractivity contribution in [3.63, 3.8) is 0 Å². The van der Waals surface area contributed by atoms with Crippen LogP contribution in [0.2, 0.25) is 0 Å². The lowest BCUT2D eigenvalue weighted by atomic mass is 10.1. The second-order valence-corrected chi connectivity index (χ2v) is 5.39. The van der Waals surface area contributed by atoms with Crippen LogP contribution in [0.5, 0.6) is 0 Å². The van der Waals surface area contributed by atoms with E-state index in [1.807, 2.05) is 25.9 Å². The van der Waals surface area contributed by atoms with E-state index >= 15 is 0 Å². The van der Waals surface area contributed by atoms with Crippen LogP contribution in [0, 0.1) is 5.82 Å². The summed E-state index contributed by atoms with van der Waals surface area (Å²) < 4.78 is 13.6. The standard InChI is InChI=1S/C14H23FN2S/c1-5-13(10-18-4)17(3)14-7-11(9-16-2)6-12(15)8-14/h6-8,13,16H,5,9-10H2,1-4H3. The Hall–Kier alpha value is -0.740. The van der Waals surface area contributed by atoms with Gasteiger partial charge in [-0.2, -0.15) is 11.8 Å². The molecule has 0 fully saturated rings. The van der Waals surface area contributed by atoms with Gasteiger partial charge in [0.25, 0.3) is 0 Å². The monoisotopic (exact) mass is 270 g/mol. The SMILES string of the molecule is CCC(CSC)N(C)c1cc(F)cc(CNC)c1. The first kappa shape index (κ1) is 15.3. The van der Waals surface area contributed by atoms with Crippen LogP contribution in [0.25, 0.3) is 0 Å². The van der Waals surface area contributed by atoms with Gasteiger partial charge in [-0.15, -0.1) is 0 Å². The topological polar surface area (TPSA) is 15.3 Å². The molecule has 0 bridgehead atoms. The lowest BCUT2D eigenvalue weighted by Gasteiger charge is -2.29. The van der Waals surface area contributed by atoms with E-state index in [0.29, 0.717) is 12.6 Å². The smallest absolute Gasteiger partial charge is 0.125 e. The van der Waals surface area contributed by atoms with Gasteiger partial charge in [-0.1, -0.05) is 6.92 Å². The Bertz CT molecular complexity index is 371. The highest BCUT2D eigenvalue weighted by Gasteiger charge is 2.14. The molecular weight excluding hydrogens is 247 g/mol. The molecule has 0 amide bonds. The van der Waals surface area contributed by atoms with Crippen molar-refractivity contribution < 1.29 is 4.39 Å². The van der Waals surface area contributed by atoms with Gasteiger partial charge in [0.15, 0.2) is 0 Å². The molecule has 0 aliphatic rings. The van der Waals surface area contributed by atoms with Crippen LogP contribution >= 0.6 is 11.8 Å². The van der Waals surface area contributed by atoms with Gasteiger partial charge in [-0.25, -0.2) is 4.39 Å². The molecular formula is C14H23FN2S. The quantitative estimate of drug-likeness (QED) is 0.819. The van der Waals surface area contributed by atoms with Crippen molar-refractivity contribution in [2.75, 3.05) is 31.0 Å². The average Bonchev–Trinajstić information content (AvgIpc) is 2.35. The van der Waals surface area contributed by atoms with Crippen LogP contribution < -0.4 is 10.2 Å². The van der Waals surface area contributed by atoms with Gasteiger partial charge >= 0.3 is 0 Å². The maximum Gasteiger partial charge on any atom is 0.125 e. The highest BCUT2D eigenvalue weighted by molar-refractivity contribution is 7.98. The number of benzene rings is 1. The fourth-order valence-corrected chi connectivity index (χ4v) is 2.89. The van der Waals surface area contributed by atoms with E-state index in [2.05, 4.69) is 29.5 Å². The Kier molecular flexibility index (Phi) is 6.50. The third kappa shape index (κ3) is 4.18. The highest BCUT2D eigenvalue weighted by atomic mass is 32.2. The van der Waals surface area contributed by atoms with E-state index in [0.717, 1.165) is 23.4 Å². The van der Waals surface area contributed by atoms with Crippen LogP contribution in [-0.2, 0) is 6.54 Å². The van der Waals surface area contributed by atoms with Crippen LogP contribution in [0.15, 0.2) is 18.2 Å². The Balaban J connectivity index is 2.92. The maximum absolute atomic E-state index is 13.6. The largest absolute Gasteiger partial charge is 0.371 e. The Labute approximate surface area is 114 Å². The van der Waals surface area contributed by atoms with Gasteiger partial charge in [0, 0.05) is 31.1 Å². The van der Waals surface area contributed by atoms with E-state index in [-0.39, 0.29) is 5.82 Å². The lowest BCUT2D eigenvalue weighted by Crippen LogP contribution is -2.33. The van der Waals surface area contributed by atoms with Crippen LogP contribution in [0.3, 0.4) is 0 Å². The summed E-state index contributed by atoms with van der Waals surface area (Å²) in [5, 5.41) is 3.06. The average molecular weight is 270 g/mol. The summed E-state index contributed by atoms with van der Waals surface area (Å²) in [6.45, 7) is 2.86. The number of hydrogen-bond acceptors (Lipinski definition) is 3. The zero-order chi connectivity index (χ0) is 13.5. The molecule has 1 N–H and O–H groups in total. The number of halogens is 1. The maximum atomic E-state index is 13.6. The zero-order valence-electron chi connectivity index (χ0n) is 11.7. The van der Waals surface area contributed by atoms with Crippen molar-refractivity contribution >= 4 is 17.4 Å². The van der Waals surface area contributed by atoms with E-state index in [9.17, 15) is 4.39 Å². The molecule has 0 heterocycles. The minimum atomic E-state index is -0.163. The molecule has 2 nitrogen and oxygen atoms in total. The van der Waals surface area contributed by atoms with Crippen molar-refractivity contribution in [2.24, 2.45) is 0 Å². The van der Waals surface area contributed by atoms with E-state index in [1.54, 1.807) is 12.1 Å². The Morgan fingerprint density at radius 3 is 2.67 bits per heavy atom. The molecule has 1 aromatic rings. The molecule has 0 saturated carbocycles. The minimum absolute atomic E-state index is 0.163. The van der Waals surface area contributed by atoms with Crippen molar-refractivity contribution in [3.8, 4) is 0 Å². The van der Waals surface area contributed by atoms with Gasteiger partial charge in [-0.05, 0) is 43.5 Å². The van der Waals surface area contributed by atoms with E-state index in [4.69, 9.17) is 0 Å². The summed E-state index contributed by atoms with van der Waals surface area (Å²) in [6, 6.07) is 5.71. The molecule has 0 radical (unpaired) electrons. The van der Waals surface area contributed by atoms with Crippen molar-refractivity contribution in [1.29, 1.82) is 0 Å². The van der Waals surface area contributed by atoms with Crippen LogP contribution in [0.4, 0.5) is 10.1 Å². The van der Waals surface area contributed by atoms with Crippen LogP contribution in [-0.4, -0.2) is 32.1 Å². The first-order valence-electron chi connectivity index (χ1n) is 6.28. The fraction of sp³-hybridized carbons (Fsp3) is 0.571. The number of thioether (sulfide) groups is 1. The normalized spacial score (nSPS) is 12.5. The summed E-state index contributed by atoms with van der Waals surface area (Å²) in [5.74, 6) is 0.897.